The minimum Gasteiger partial charge on any atom is -0.490 e. The summed E-state index contributed by atoms with van der Waals surface area (Å²) in [5.41, 5.74) is 0.701. The predicted molar refractivity (Wildman–Crippen MR) is 84.1 cm³/mol. The third-order valence-electron chi connectivity index (χ3n) is 3.64. The Balaban J connectivity index is 0.000000774. The summed E-state index contributed by atoms with van der Waals surface area (Å²) < 4.78 is 11.4. The van der Waals surface area contributed by atoms with Crippen LogP contribution in [0.25, 0.3) is 11.0 Å². The lowest BCUT2D eigenvalue weighted by molar-refractivity contribution is 0.0885. The number of Topliss-reactive ketones (excluding diaryl/α,β-unsaturated/α-hetero) is 1. The normalized spacial score (nSPS) is 20.4. The first kappa shape index (κ1) is 15.6. The molecule has 1 N–H and O–H groups in total. The number of ketones is 1. The van der Waals surface area contributed by atoms with E-state index in [-0.39, 0.29) is 11.9 Å². The average molecular weight is 289 g/mol. The van der Waals surface area contributed by atoms with E-state index in [4.69, 9.17) is 9.15 Å². The van der Waals surface area contributed by atoms with E-state index in [1.54, 1.807) is 6.07 Å². The average Bonchev–Trinajstić information content (AvgIpc) is 2.88. The van der Waals surface area contributed by atoms with E-state index < -0.39 is 0 Å². The molecule has 2 aromatic rings. The second-order valence-electron chi connectivity index (χ2n) is 5.06. The summed E-state index contributed by atoms with van der Waals surface area (Å²) in [6.07, 6.45) is 2.34. The van der Waals surface area contributed by atoms with E-state index in [1.807, 2.05) is 39.1 Å². The van der Waals surface area contributed by atoms with Gasteiger partial charge in [0.15, 0.2) is 11.5 Å². The van der Waals surface area contributed by atoms with Crippen LogP contribution < -0.4 is 10.1 Å². The van der Waals surface area contributed by atoms with Crippen molar-refractivity contribution in [2.75, 3.05) is 7.05 Å². The van der Waals surface area contributed by atoms with Crippen molar-refractivity contribution in [2.45, 2.75) is 45.8 Å². The van der Waals surface area contributed by atoms with Crippen LogP contribution in [0.15, 0.2) is 28.7 Å². The fraction of sp³-hybridized carbons (Fsp3) is 0.471. The van der Waals surface area contributed by atoms with E-state index >= 15 is 0 Å². The van der Waals surface area contributed by atoms with Gasteiger partial charge in [0.25, 0.3) is 0 Å². The van der Waals surface area contributed by atoms with Crippen molar-refractivity contribution in [3.63, 3.8) is 0 Å². The Kier molecular flexibility index (Phi) is 5.02. The summed E-state index contributed by atoms with van der Waals surface area (Å²) >= 11 is 0. The van der Waals surface area contributed by atoms with Gasteiger partial charge in [-0.05, 0) is 38.1 Å². The molecule has 1 aliphatic carbocycles. The number of nitrogens with one attached hydrogen (secondary N) is 1. The lowest BCUT2D eigenvalue weighted by Crippen LogP contribution is -2.45. The van der Waals surface area contributed by atoms with Gasteiger partial charge in [0, 0.05) is 24.4 Å². The van der Waals surface area contributed by atoms with Crippen LogP contribution in [0.5, 0.6) is 5.75 Å². The Morgan fingerprint density at radius 1 is 1.29 bits per heavy atom. The zero-order chi connectivity index (χ0) is 15.4. The van der Waals surface area contributed by atoms with Crippen molar-refractivity contribution >= 4 is 16.8 Å². The summed E-state index contributed by atoms with van der Waals surface area (Å²) in [4.78, 5) is 11.3. The lowest BCUT2D eigenvalue weighted by Gasteiger charge is -2.35. The van der Waals surface area contributed by atoms with Crippen molar-refractivity contribution < 1.29 is 13.9 Å². The Labute approximate surface area is 125 Å². The molecule has 0 atom stereocenters. The number of rotatable bonds is 4. The highest BCUT2D eigenvalue weighted by molar-refractivity contribution is 5.96. The molecule has 1 saturated carbocycles. The van der Waals surface area contributed by atoms with Gasteiger partial charge in [0.1, 0.15) is 17.4 Å². The molecule has 3 rings (SSSR count). The van der Waals surface area contributed by atoms with Gasteiger partial charge < -0.3 is 14.5 Å². The molecule has 114 valence electrons. The largest absolute Gasteiger partial charge is 0.490 e. The maximum atomic E-state index is 11.3. The SMILES string of the molecule is CC.CNC1CC(Oc2ccc3cc(C(C)=O)oc3c2)C1. The highest BCUT2D eigenvalue weighted by atomic mass is 16.5. The third-order valence-corrected chi connectivity index (χ3v) is 3.64. The van der Waals surface area contributed by atoms with Gasteiger partial charge in [-0.2, -0.15) is 0 Å². The maximum Gasteiger partial charge on any atom is 0.194 e. The second kappa shape index (κ2) is 6.76. The number of furan rings is 1. The number of carbonyl (C=O) groups is 1. The molecule has 4 nitrogen and oxygen atoms in total. The Bertz CT molecular complexity index is 612. The van der Waals surface area contributed by atoms with Crippen molar-refractivity contribution in [1.29, 1.82) is 0 Å². The molecule has 1 heterocycles. The Hall–Kier alpha value is -1.81. The Morgan fingerprint density at radius 2 is 2.00 bits per heavy atom. The minimum absolute atomic E-state index is 0.0606. The molecule has 4 heteroatoms. The number of benzene rings is 1. The van der Waals surface area contributed by atoms with Crippen LogP contribution >= 0.6 is 0 Å². The van der Waals surface area contributed by atoms with Crippen LogP contribution in [0.3, 0.4) is 0 Å². The van der Waals surface area contributed by atoms with Gasteiger partial charge in [-0.1, -0.05) is 13.8 Å². The molecule has 0 saturated heterocycles. The lowest BCUT2D eigenvalue weighted by atomic mass is 9.89. The van der Waals surface area contributed by atoms with E-state index in [0.29, 0.717) is 17.4 Å². The molecule has 0 bridgehead atoms. The first-order valence-corrected chi connectivity index (χ1v) is 7.54. The van der Waals surface area contributed by atoms with Crippen LogP contribution in [0, 0.1) is 0 Å². The first-order chi connectivity index (χ1) is 10.2. The van der Waals surface area contributed by atoms with Crippen LogP contribution in [-0.4, -0.2) is 25.0 Å². The van der Waals surface area contributed by atoms with E-state index in [0.717, 1.165) is 24.0 Å². The fourth-order valence-electron chi connectivity index (χ4n) is 2.35. The molecule has 1 fully saturated rings. The molecule has 21 heavy (non-hydrogen) atoms. The second-order valence-corrected chi connectivity index (χ2v) is 5.06. The molecule has 0 unspecified atom stereocenters. The van der Waals surface area contributed by atoms with Crippen LogP contribution in [0.1, 0.15) is 44.2 Å². The molecule has 0 radical (unpaired) electrons. The van der Waals surface area contributed by atoms with Gasteiger partial charge in [-0.25, -0.2) is 0 Å². The zero-order valence-corrected chi connectivity index (χ0v) is 13.1. The topological polar surface area (TPSA) is 51.5 Å². The minimum atomic E-state index is -0.0606. The molecule has 0 aliphatic heterocycles. The Morgan fingerprint density at radius 3 is 2.62 bits per heavy atom. The highest BCUT2D eigenvalue weighted by Gasteiger charge is 2.29. The van der Waals surface area contributed by atoms with E-state index in [9.17, 15) is 4.79 Å². The summed E-state index contributed by atoms with van der Waals surface area (Å²) in [5, 5.41) is 4.16. The van der Waals surface area contributed by atoms with E-state index in [2.05, 4.69) is 5.32 Å². The number of carbonyl (C=O) groups excluding carboxylic acids is 1. The molecular formula is C17H23NO3. The van der Waals surface area contributed by atoms with Crippen LogP contribution in [0.2, 0.25) is 0 Å². The van der Waals surface area contributed by atoms with Crippen molar-refractivity contribution in [2.24, 2.45) is 0 Å². The molecular weight excluding hydrogens is 266 g/mol. The number of hydrogen-bond acceptors (Lipinski definition) is 4. The van der Waals surface area contributed by atoms with Crippen molar-refractivity contribution in [3.8, 4) is 5.75 Å². The molecule has 1 aromatic carbocycles. The van der Waals surface area contributed by atoms with E-state index in [1.165, 1.54) is 6.92 Å². The highest BCUT2D eigenvalue weighted by Crippen LogP contribution is 2.29. The van der Waals surface area contributed by atoms with Gasteiger partial charge in [-0.15, -0.1) is 0 Å². The van der Waals surface area contributed by atoms with Crippen LogP contribution in [0.4, 0.5) is 0 Å². The van der Waals surface area contributed by atoms with Gasteiger partial charge in [-0.3, -0.25) is 4.79 Å². The van der Waals surface area contributed by atoms with Crippen molar-refractivity contribution in [1.82, 2.24) is 5.32 Å². The summed E-state index contributed by atoms with van der Waals surface area (Å²) in [6, 6.07) is 8.04. The standard InChI is InChI=1S/C15H17NO3.C2H6/c1-9(17)14-5-10-3-4-12(8-15(10)19-14)18-13-6-11(7-13)16-2;1-2/h3-5,8,11,13,16H,6-7H2,1-2H3;1-2H3. The monoisotopic (exact) mass is 289 g/mol. The smallest absolute Gasteiger partial charge is 0.194 e. The third kappa shape index (κ3) is 3.45. The fourth-order valence-corrected chi connectivity index (χ4v) is 2.35. The quantitative estimate of drug-likeness (QED) is 0.870. The molecule has 1 aromatic heterocycles. The van der Waals surface area contributed by atoms with Gasteiger partial charge in [0.05, 0.1) is 0 Å². The zero-order valence-electron chi connectivity index (χ0n) is 13.1. The molecule has 1 aliphatic rings. The first-order valence-electron chi connectivity index (χ1n) is 7.54. The predicted octanol–water partition coefficient (Wildman–Crippen LogP) is 3.79. The van der Waals surface area contributed by atoms with Crippen molar-refractivity contribution in [3.05, 3.63) is 30.0 Å². The molecule has 0 amide bonds. The summed E-state index contributed by atoms with van der Waals surface area (Å²) in [7, 11) is 1.97. The van der Waals surface area contributed by atoms with Gasteiger partial charge >= 0.3 is 0 Å². The van der Waals surface area contributed by atoms with Gasteiger partial charge in [0.2, 0.25) is 0 Å². The maximum absolute atomic E-state index is 11.3. The van der Waals surface area contributed by atoms with Crippen LogP contribution in [-0.2, 0) is 0 Å². The number of fused-ring (bicyclic) bond motifs is 1. The number of hydrogen-bond donors (Lipinski definition) is 1. The molecule has 0 spiro atoms. The number of ether oxygens (including phenoxy) is 1. The summed E-state index contributed by atoms with van der Waals surface area (Å²) in [5.74, 6) is 1.14. The summed E-state index contributed by atoms with van der Waals surface area (Å²) in [6.45, 7) is 5.50.